The van der Waals surface area contributed by atoms with E-state index in [4.69, 9.17) is 0 Å². The Morgan fingerprint density at radius 2 is 1.57 bits per heavy atom. The molecule has 1 N–H and O–H groups in total. The van der Waals surface area contributed by atoms with E-state index in [9.17, 15) is 9.59 Å². The third kappa shape index (κ3) is 7.08. The van der Waals surface area contributed by atoms with Crippen molar-refractivity contribution in [3.63, 3.8) is 0 Å². The van der Waals surface area contributed by atoms with Gasteiger partial charge < -0.3 is 14.8 Å². The zero-order valence-electron chi connectivity index (χ0n) is 11.8. The van der Waals surface area contributed by atoms with Crippen molar-refractivity contribution in [3.8, 4) is 0 Å². The number of nitrogens with one attached hydrogen (secondary N) is 1. The second kappa shape index (κ2) is 9.50. The number of benzene rings is 1. The van der Waals surface area contributed by atoms with Crippen molar-refractivity contribution in [1.29, 1.82) is 0 Å². The van der Waals surface area contributed by atoms with E-state index in [1.165, 1.54) is 0 Å². The fourth-order valence-corrected chi connectivity index (χ4v) is 1.76. The Morgan fingerprint density at radius 1 is 1.05 bits per heavy atom. The molecule has 0 heterocycles. The zero-order chi connectivity index (χ0) is 15.5. The van der Waals surface area contributed by atoms with Crippen molar-refractivity contribution in [2.75, 3.05) is 0 Å². The highest BCUT2D eigenvalue weighted by Gasteiger charge is 2.18. The van der Waals surface area contributed by atoms with Gasteiger partial charge in [-0.1, -0.05) is 43.5 Å². The summed E-state index contributed by atoms with van der Waals surface area (Å²) in [6, 6.07) is 9.28. The SMILES string of the molecule is C=COC(=O)CC(CC(=O)OC=C)NCc1ccccc1. The highest BCUT2D eigenvalue weighted by Crippen LogP contribution is 2.06. The molecular weight excluding hydrogens is 270 g/mol. The lowest BCUT2D eigenvalue weighted by Gasteiger charge is -2.16. The first kappa shape index (κ1) is 16.7. The number of hydrogen-bond acceptors (Lipinski definition) is 5. The molecule has 0 spiro atoms. The lowest BCUT2D eigenvalue weighted by atomic mass is 10.1. The summed E-state index contributed by atoms with van der Waals surface area (Å²) in [5, 5.41) is 3.14. The van der Waals surface area contributed by atoms with Gasteiger partial charge in [0.1, 0.15) is 0 Å². The number of carbonyl (C=O) groups is 2. The van der Waals surface area contributed by atoms with Gasteiger partial charge in [0.15, 0.2) is 0 Å². The average molecular weight is 289 g/mol. The van der Waals surface area contributed by atoms with Crippen molar-refractivity contribution < 1.29 is 19.1 Å². The molecule has 0 aromatic heterocycles. The summed E-state index contributed by atoms with van der Waals surface area (Å²) < 4.78 is 9.36. The lowest BCUT2D eigenvalue weighted by molar-refractivity contribution is -0.140. The Bertz CT molecular complexity index is 460. The van der Waals surface area contributed by atoms with Crippen LogP contribution < -0.4 is 5.32 Å². The van der Waals surface area contributed by atoms with Gasteiger partial charge in [-0.15, -0.1) is 0 Å². The van der Waals surface area contributed by atoms with Crippen LogP contribution in [0.2, 0.25) is 0 Å². The maximum Gasteiger partial charge on any atom is 0.312 e. The molecule has 112 valence electrons. The average Bonchev–Trinajstić information content (AvgIpc) is 2.46. The van der Waals surface area contributed by atoms with Crippen LogP contribution in [0.5, 0.6) is 0 Å². The van der Waals surface area contributed by atoms with Crippen molar-refractivity contribution in [2.24, 2.45) is 0 Å². The van der Waals surface area contributed by atoms with Gasteiger partial charge in [-0.05, 0) is 5.56 Å². The van der Waals surface area contributed by atoms with E-state index >= 15 is 0 Å². The minimum Gasteiger partial charge on any atom is -0.435 e. The molecule has 0 bridgehead atoms. The highest BCUT2D eigenvalue weighted by molar-refractivity contribution is 5.74. The molecule has 0 amide bonds. The van der Waals surface area contributed by atoms with Gasteiger partial charge in [0.25, 0.3) is 0 Å². The third-order valence-electron chi connectivity index (χ3n) is 2.69. The Labute approximate surface area is 124 Å². The van der Waals surface area contributed by atoms with Crippen LogP contribution in [0, 0.1) is 0 Å². The molecule has 0 aliphatic rings. The van der Waals surface area contributed by atoms with Crippen LogP contribution >= 0.6 is 0 Å². The van der Waals surface area contributed by atoms with Gasteiger partial charge in [0.2, 0.25) is 0 Å². The highest BCUT2D eigenvalue weighted by atomic mass is 16.5. The molecule has 1 rings (SSSR count). The second-order valence-electron chi connectivity index (χ2n) is 4.28. The van der Waals surface area contributed by atoms with Crippen LogP contribution in [0.4, 0.5) is 0 Å². The molecule has 1 aromatic rings. The lowest BCUT2D eigenvalue weighted by Crippen LogP contribution is -2.33. The Balaban J connectivity index is 2.57. The van der Waals surface area contributed by atoms with E-state index in [0.717, 1.165) is 18.1 Å². The molecule has 1 aromatic carbocycles. The van der Waals surface area contributed by atoms with Crippen molar-refractivity contribution in [3.05, 3.63) is 61.6 Å². The van der Waals surface area contributed by atoms with E-state index in [2.05, 4.69) is 27.9 Å². The van der Waals surface area contributed by atoms with Gasteiger partial charge in [0, 0.05) is 12.6 Å². The Hall–Kier alpha value is -2.40. The number of rotatable bonds is 9. The molecule has 0 atom stereocenters. The van der Waals surface area contributed by atoms with E-state index in [-0.39, 0.29) is 18.9 Å². The van der Waals surface area contributed by atoms with Crippen LogP contribution in [-0.2, 0) is 25.6 Å². The summed E-state index contributed by atoms with van der Waals surface area (Å²) in [6.07, 6.45) is 2.23. The fraction of sp³-hybridized carbons (Fsp3) is 0.250. The summed E-state index contributed by atoms with van der Waals surface area (Å²) in [7, 11) is 0. The first-order valence-electron chi connectivity index (χ1n) is 6.53. The summed E-state index contributed by atoms with van der Waals surface area (Å²) >= 11 is 0. The number of esters is 2. The first-order valence-corrected chi connectivity index (χ1v) is 6.53. The Kier molecular flexibility index (Phi) is 7.53. The molecule has 0 aliphatic heterocycles. The van der Waals surface area contributed by atoms with Crippen LogP contribution in [-0.4, -0.2) is 18.0 Å². The maximum absolute atomic E-state index is 11.5. The second-order valence-corrected chi connectivity index (χ2v) is 4.28. The van der Waals surface area contributed by atoms with Gasteiger partial charge in [0.05, 0.1) is 25.4 Å². The molecule has 0 unspecified atom stereocenters. The molecule has 0 aliphatic carbocycles. The van der Waals surface area contributed by atoms with Gasteiger partial charge in [-0.25, -0.2) is 0 Å². The molecule has 0 radical (unpaired) electrons. The predicted molar refractivity (Wildman–Crippen MR) is 78.9 cm³/mol. The van der Waals surface area contributed by atoms with Crippen molar-refractivity contribution in [1.82, 2.24) is 5.32 Å². The minimum absolute atomic E-state index is 0.0467. The van der Waals surface area contributed by atoms with E-state index in [1.54, 1.807) is 0 Å². The van der Waals surface area contributed by atoms with Crippen molar-refractivity contribution in [2.45, 2.75) is 25.4 Å². The summed E-state index contributed by atoms with van der Waals surface area (Å²) in [5.74, 6) is -0.913. The summed E-state index contributed by atoms with van der Waals surface area (Å²) in [6.45, 7) is 7.18. The molecule has 21 heavy (non-hydrogen) atoms. The molecule has 0 saturated carbocycles. The maximum atomic E-state index is 11.5. The van der Waals surface area contributed by atoms with Gasteiger partial charge in [-0.2, -0.15) is 0 Å². The smallest absolute Gasteiger partial charge is 0.312 e. The van der Waals surface area contributed by atoms with Gasteiger partial charge >= 0.3 is 11.9 Å². The van der Waals surface area contributed by atoms with E-state index in [1.807, 2.05) is 30.3 Å². The summed E-state index contributed by atoms with van der Waals surface area (Å²) in [4.78, 5) is 23.0. The Morgan fingerprint density at radius 3 is 2.05 bits per heavy atom. The summed E-state index contributed by atoms with van der Waals surface area (Å²) in [5.41, 5.74) is 1.05. The standard InChI is InChI=1S/C16H19NO4/c1-3-20-15(18)10-14(11-16(19)21-4-2)17-12-13-8-6-5-7-9-13/h3-9,14,17H,1-2,10-12H2. The number of ether oxygens (including phenoxy) is 2. The molecule has 5 heteroatoms. The molecule has 0 saturated heterocycles. The normalized spacial score (nSPS) is 9.95. The van der Waals surface area contributed by atoms with Crippen LogP contribution in [0.1, 0.15) is 18.4 Å². The topological polar surface area (TPSA) is 64.6 Å². The van der Waals surface area contributed by atoms with Crippen LogP contribution in [0.25, 0.3) is 0 Å². The van der Waals surface area contributed by atoms with Crippen LogP contribution in [0.15, 0.2) is 56.0 Å². The molecule has 0 fully saturated rings. The van der Waals surface area contributed by atoms with Crippen LogP contribution in [0.3, 0.4) is 0 Å². The quantitative estimate of drug-likeness (QED) is 0.558. The van der Waals surface area contributed by atoms with E-state index < -0.39 is 11.9 Å². The largest absolute Gasteiger partial charge is 0.435 e. The minimum atomic E-state index is -0.457. The number of hydrogen-bond donors (Lipinski definition) is 1. The van der Waals surface area contributed by atoms with E-state index in [0.29, 0.717) is 6.54 Å². The molecular formula is C16H19NO4. The molecule has 5 nitrogen and oxygen atoms in total. The van der Waals surface area contributed by atoms with Crippen molar-refractivity contribution >= 4 is 11.9 Å². The predicted octanol–water partition coefficient (Wildman–Crippen LogP) is 2.30. The fourth-order valence-electron chi connectivity index (χ4n) is 1.76. The van der Waals surface area contributed by atoms with Gasteiger partial charge in [-0.3, -0.25) is 9.59 Å². The zero-order valence-corrected chi connectivity index (χ0v) is 11.8. The monoisotopic (exact) mass is 289 g/mol. The first-order chi connectivity index (χ1) is 10.2. The number of carbonyl (C=O) groups excluding carboxylic acids is 2. The third-order valence-corrected chi connectivity index (χ3v) is 2.69.